The van der Waals surface area contributed by atoms with E-state index in [1.807, 2.05) is 0 Å². The predicted molar refractivity (Wildman–Crippen MR) is 49.8 cm³/mol. The van der Waals surface area contributed by atoms with Gasteiger partial charge in [0, 0.05) is 19.6 Å². The van der Waals surface area contributed by atoms with E-state index in [1.165, 1.54) is 0 Å². The Bertz CT molecular complexity index is 125. The van der Waals surface area contributed by atoms with Gasteiger partial charge in [0.25, 0.3) is 0 Å². The first-order valence-electron chi connectivity index (χ1n) is 4.64. The van der Waals surface area contributed by atoms with Crippen molar-refractivity contribution in [2.24, 2.45) is 5.41 Å². The van der Waals surface area contributed by atoms with E-state index in [9.17, 15) is 0 Å². The summed E-state index contributed by atoms with van der Waals surface area (Å²) in [6, 6.07) is 0. The number of nitrogens with one attached hydrogen (secondary N) is 1. The van der Waals surface area contributed by atoms with Crippen LogP contribution >= 0.6 is 0 Å². The number of hydrogen-bond donors (Lipinski definition) is 1. The van der Waals surface area contributed by atoms with Crippen LogP contribution in [0, 0.1) is 5.41 Å². The first-order chi connectivity index (χ1) is 5.58. The van der Waals surface area contributed by atoms with Crippen molar-refractivity contribution >= 4 is 0 Å². The molecule has 3 heteroatoms. The van der Waals surface area contributed by atoms with Crippen LogP contribution in [0.2, 0.25) is 0 Å². The zero-order valence-corrected chi connectivity index (χ0v) is 8.39. The Labute approximate surface area is 75.0 Å². The fourth-order valence-electron chi connectivity index (χ4n) is 1.07. The molecule has 1 fully saturated rings. The highest BCUT2D eigenvalue weighted by atomic mass is 16.5. The minimum atomic E-state index is 0.359. The number of ether oxygens (including phenoxy) is 1. The molecule has 1 saturated heterocycles. The zero-order chi connectivity index (χ0) is 9.03. The Kier molecular flexibility index (Phi) is 3.50. The molecular weight excluding hydrogens is 152 g/mol. The molecule has 1 rings (SSSR count). The lowest BCUT2D eigenvalue weighted by molar-refractivity contribution is 0.00656. The molecule has 1 heterocycles. The first-order valence-corrected chi connectivity index (χ1v) is 4.64. The lowest BCUT2D eigenvalue weighted by Crippen LogP contribution is -2.48. The van der Waals surface area contributed by atoms with Crippen LogP contribution in [-0.4, -0.2) is 37.9 Å². The van der Waals surface area contributed by atoms with Crippen molar-refractivity contribution in [3.8, 4) is 0 Å². The molecule has 0 aromatic heterocycles. The van der Waals surface area contributed by atoms with Crippen LogP contribution in [0.1, 0.15) is 20.8 Å². The summed E-state index contributed by atoms with van der Waals surface area (Å²) in [7, 11) is 0. The summed E-state index contributed by atoms with van der Waals surface area (Å²) in [5.41, 5.74) is 3.77. The monoisotopic (exact) mass is 172 g/mol. The molecule has 0 unspecified atom stereocenters. The number of rotatable bonds is 2. The van der Waals surface area contributed by atoms with Crippen molar-refractivity contribution in [3.63, 3.8) is 0 Å². The van der Waals surface area contributed by atoms with Gasteiger partial charge in [-0.1, -0.05) is 20.8 Å². The highest BCUT2D eigenvalue weighted by Crippen LogP contribution is 2.10. The van der Waals surface area contributed by atoms with Gasteiger partial charge in [-0.15, -0.1) is 0 Å². The summed E-state index contributed by atoms with van der Waals surface area (Å²) in [4.78, 5) is 0. The van der Waals surface area contributed by atoms with E-state index in [2.05, 4.69) is 31.2 Å². The van der Waals surface area contributed by atoms with Gasteiger partial charge in [0.05, 0.1) is 13.2 Å². The summed E-state index contributed by atoms with van der Waals surface area (Å²) in [5.74, 6) is 0. The van der Waals surface area contributed by atoms with Crippen LogP contribution < -0.4 is 5.43 Å². The Morgan fingerprint density at radius 1 is 1.25 bits per heavy atom. The molecule has 0 spiro atoms. The van der Waals surface area contributed by atoms with Crippen molar-refractivity contribution in [2.75, 3.05) is 32.8 Å². The van der Waals surface area contributed by atoms with Gasteiger partial charge in [0.2, 0.25) is 0 Å². The summed E-state index contributed by atoms with van der Waals surface area (Å²) in [6.45, 7) is 11.5. The molecule has 1 aliphatic heterocycles. The maximum Gasteiger partial charge on any atom is 0.0608 e. The highest BCUT2D eigenvalue weighted by Gasteiger charge is 2.14. The molecule has 0 aliphatic carbocycles. The summed E-state index contributed by atoms with van der Waals surface area (Å²) in [5, 5.41) is 2.24. The molecule has 72 valence electrons. The third-order valence-electron chi connectivity index (χ3n) is 1.84. The molecule has 0 saturated carbocycles. The van der Waals surface area contributed by atoms with E-state index in [1.54, 1.807) is 0 Å². The van der Waals surface area contributed by atoms with Crippen LogP contribution in [-0.2, 0) is 4.74 Å². The summed E-state index contributed by atoms with van der Waals surface area (Å²) < 4.78 is 5.25. The second kappa shape index (κ2) is 4.21. The van der Waals surface area contributed by atoms with Crippen LogP contribution in [0.4, 0.5) is 0 Å². The zero-order valence-electron chi connectivity index (χ0n) is 8.39. The van der Waals surface area contributed by atoms with Crippen molar-refractivity contribution in [2.45, 2.75) is 20.8 Å². The largest absolute Gasteiger partial charge is 0.379 e. The fraction of sp³-hybridized carbons (Fsp3) is 1.00. The summed E-state index contributed by atoms with van der Waals surface area (Å²) >= 11 is 0. The standard InChI is InChI=1S/C9H20N2O/c1-9(2,3)8-10-11-4-6-12-7-5-11/h10H,4-8H2,1-3H3. The maximum atomic E-state index is 5.25. The third kappa shape index (κ3) is 4.04. The molecule has 1 aliphatic rings. The highest BCUT2D eigenvalue weighted by molar-refractivity contribution is 4.65. The van der Waals surface area contributed by atoms with Gasteiger partial charge in [-0.25, -0.2) is 5.01 Å². The molecule has 0 bridgehead atoms. The van der Waals surface area contributed by atoms with Crippen molar-refractivity contribution < 1.29 is 4.74 Å². The average molecular weight is 172 g/mol. The van der Waals surface area contributed by atoms with Gasteiger partial charge in [-0.2, -0.15) is 0 Å². The SMILES string of the molecule is CC(C)(C)CNN1CCOCC1. The van der Waals surface area contributed by atoms with Crippen molar-refractivity contribution in [1.29, 1.82) is 0 Å². The number of hydrogen-bond acceptors (Lipinski definition) is 3. The fourth-order valence-corrected chi connectivity index (χ4v) is 1.07. The van der Waals surface area contributed by atoms with Gasteiger partial charge in [0.15, 0.2) is 0 Å². The van der Waals surface area contributed by atoms with Gasteiger partial charge in [-0.3, -0.25) is 5.43 Å². The van der Waals surface area contributed by atoms with E-state index in [-0.39, 0.29) is 0 Å². The van der Waals surface area contributed by atoms with Gasteiger partial charge >= 0.3 is 0 Å². The van der Waals surface area contributed by atoms with E-state index in [0.29, 0.717) is 5.41 Å². The first kappa shape index (κ1) is 9.96. The lowest BCUT2D eigenvalue weighted by atomic mass is 9.97. The van der Waals surface area contributed by atoms with Gasteiger partial charge in [-0.05, 0) is 5.41 Å². The Morgan fingerprint density at radius 2 is 1.83 bits per heavy atom. The molecule has 0 aromatic rings. The van der Waals surface area contributed by atoms with Crippen LogP contribution in [0.15, 0.2) is 0 Å². The smallest absolute Gasteiger partial charge is 0.0608 e. The molecule has 0 atom stereocenters. The van der Waals surface area contributed by atoms with E-state index in [4.69, 9.17) is 4.74 Å². The van der Waals surface area contributed by atoms with E-state index >= 15 is 0 Å². The van der Waals surface area contributed by atoms with Crippen molar-refractivity contribution in [1.82, 2.24) is 10.4 Å². The quantitative estimate of drug-likeness (QED) is 0.669. The molecule has 0 amide bonds. The molecule has 0 aromatic carbocycles. The Morgan fingerprint density at radius 3 is 2.33 bits per heavy atom. The Balaban J connectivity index is 2.13. The number of morpholine rings is 1. The molecule has 1 N–H and O–H groups in total. The predicted octanol–water partition coefficient (Wildman–Crippen LogP) is 0.869. The number of nitrogens with zero attached hydrogens (tertiary/aromatic N) is 1. The minimum Gasteiger partial charge on any atom is -0.379 e. The van der Waals surface area contributed by atoms with Crippen molar-refractivity contribution in [3.05, 3.63) is 0 Å². The summed E-state index contributed by atoms with van der Waals surface area (Å²) in [6.07, 6.45) is 0. The maximum absolute atomic E-state index is 5.25. The lowest BCUT2D eigenvalue weighted by Gasteiger charge is -2.30. The van der Waals surface area contributed by atoms with E-state index < -0.39 is 0 Å². The second-order valence-corrected chi connectivity index (χ2v) is 4.49. The normalized spacial score (nSPS) is 21.2. The second-order valence-electron chi connectivity index (χ2n) is 4.49. The molecule has 3 nitrogen and oxygen atoms in total. The van der Waals surface area contributed by atoms with Gasteiger partial charge < -0.3 is 4.74 Å². The van der Waals surface area contributed by atoms with Crippen LogP contribution in [0.5, 0.6) is 0 Å². The van der Waals surface area contributed by atoms with Crippen LogP contribution in [0.25, 0.3) is 0 Å². The third-order valence-corrected chi connectivity index (χ3v) is 1.84. The van der Waals surface area contributed by atoms with E-state index in [0.717, 1.165) is 32.8 Å². The minimum absolute atomic E-state index is 0.359. The van der Waals surface area contributed by atoms with Crippen LogP contribution in [0.3, 0.4) is 0 Å². The Hall–Kier alpha value is -0.120. The molecular formula is C9H20N2O. The average Bonchev–Trinajstić information content (AvgIpc) is 2.02. The topological polar surface area (TPSA) is 24.5 Å². The van der Waals surface area contributed by atoms with Gasteiger partial charge in [0.1, 0.15) is 0 Å². The number of hydrazine groups is 1. The molecule has 12 heavy (non-hydrogen) atoms. The molecule has 0 radical (unpaired) electrons.